The van der Waals surface area contributed by atoms with E-state index in [2.05, 4.69) is 45.8 Å². The Morgan fingerprint density at radius 2 is 1.94 bits per heavy atom. The minimum atomic E-state index is 0.317. The highest BCUT2D eigenvalue weighted by Gasteiger charge is 2.29. The van der Waals surface area contributed by atoms with E-state index in [1.165, 1.54) is 25.7 Å². The molecule has 0 N–H and O–H groups in total. The summed E-state index contributed by atoms with van der Waals surface area (Å²) in [5.74, 6) is 0.782. The van der Waals surface area contributed by atoms with E-state index in [0.717, 1.165) is 18.2 Å². The van der Waals surface area contributed by atoms with Crippen LogP contribution in [0.4, 0.5) is 0 Å². The van der Waals surface area contributed by atoms with Crippen LogP contribution in [-0.2, 0) is 0 Å². The van der Waals surface area contributed by atoms with Gasteiger partial charge in [0.15, 0.2) is 0 Å². The Labute approximate surface area is 109 Å². The van der Waals surface area contributed by atoms with E-state index in [-0.39, 0.29) is 0 Å². The van der Waals surface area contributed by atoms with Gasteiger partial charge in [-0.25, -0.2) is 0 Å². The van der Waals surface area contributed by atoms with E-state index in [1.54, 1.807) is 0 Å². The van der Waals surface area contributed by atoms with Crippen LogP contribution in [0.25, 0.3) is 0 Å². The minimum Gasteiger partial charge on any atom is -0.352 e. The molecule has 0 heterocycles. The molecule has 1 unspecified atom stereocenters. The summed E-state index contributed by atoms with van der Waals surface area (Å²) in [5, 5.41) is 0. The molecule has 17 heavy (non-hydrogen) atoms. The summed E-state index contributed by atoms with van der Waals surface area (Å²) in [7, 11) is 0. The molecule has 0 aliphatic rings. The third-order valence-corrected chi connectivity index (χ3v) is 3.79. The van der Waals surface area contributed by atoms with Gasteiger partial charge >= 0.3 is 0 Å². The molecule has 0 rings (SSSR count). The van der Waals surface area contributed by atoms with Crippen LogP contribution >= 0.6 is 0 Å². The van der Waals surface area contributed by atoms with Crippen molar-refractivity contribution >= 4 is 0 Å². The summed E-state index contributed by atoms with van der Waals surface area (Å²) in [5.41, 5.74) is 1.40. The first-order valence-electron chi connectivity index (χ1n) is 6.93. The quantitative estimate of drug-likeness (QED) is 0.532. The molecule has 0 aromatic heterocycles. The van der Waals surface area contributed by atoms with Crippen molar-refractivity contribution in [3.05, 3.63) is 25.1 Å². The first-order valence-corrected chi connectivity index (χ1v) is 6.93. The topological polar surface area (TPSA) is 3.24 Å². The number of unbranched alkanes of at least 4 members (excludes halogenated alkanes) is 1. The van der Waals surface area contributed by atoms with Gasteiger partial charge < -0.3 is 4.90 Å². The van der Waals surface area contributed by atoms with E-state index >= 15 is 0 Å². The third kappa shape index (κ3) is 5.43. The van der Waals surface area contributed by atoms with E-state index in [0.29, 0.717) is 5.41 Å². The van der Waals surface area contributed by atoms with Gasteiger partial charge in [-0.15, -0.1) is 0 Å². The van der Waals surface area contributed by atoms with Gasteiger partial charge in [-0.3, -0.25) is 0 Å². The third-order valence-electron chi connectivity index (χ3n) is 3.79. The van der Waals surface area contributed by atoms with Gasteiger partial charge in [-0.1, -0.05) is 60.1 Å². The van der Waals surface area contributed by atoms with Crippen molar-refractivity contribution in [2.45, 2.75) is 60.3 Å². The van der Waals surface area contributed by atoms with Gasteiger partial charge in [0.05, 0.1) is 0 Å². The lowest BCUT2D eigenvalue weighted by Crippen LogP contribution is -2.35. The van der Waals surface area contributed by atoms with Crippen LogP contribution in [0, 0.1) is 11.3 Å². The monoisotopic (exact) mass is 237 g/mol. The molecule has 0 aliphatic heterocycles. The van der Waals surface area contributed by atoms with Crippen molar-refractivity contribution in [2.24, 2.45) is 11.3 Å². The van der Waals surface area contributed by atoms with Gasteiger partial charge in [0.25, 0.3) is 0 Å². The standard InChI is InChI=1S/C16H31N/c1-8-11-12-15(9-2)16(6,7)13-17(10-3)14(4)5/h10,15H,3-4,8-9,11-13H2,1-2,5-7H3. The number of hydrogen-bond donors (Lipinski definition) is 0. The zero-order valence-corrected chi connectivity index (χ0v) is 12.6. The van der Waals surface area contributed by atoms with Gasteiger partial charge in [0.1, 0.15) is 0 Å². The SMILES string of the molecule is C=CN(CC(C)(C)C(CC)CCCC)C(=C)C. The fraction of sp³-hybridized carbons (Fsp3) is 0.750. The van der Waals surface area contributed by atoms with Crippen LogP contribution in [0.3, 0.4) is 0 Å². The molecule has 0 saturated heterocycles. The molecule has 1 atom stereocenters. The zero-order valence-electron chi connectivity index (χ0n) is 12.6. The van der Waals surface area contributed by atoms with Crippen molar-refractivity contribution in [1.29, 1.82) is 0 Å². The Morgan fingerprint density at radius 3 is 2.29 bits per heavy atom. The second kappa shape index (κ2) is 7.58. The average Bonchev–Trinajstić information content (AvgIpc) is 2.26. The summed E-state index contributed by atoms with van der Waals surface area (Å²) >= 11 is 0. The molecule has 1 heteroatoms. The fourth-order valence-corrected chi connectivity index (χ4v) is 2.52. The fourth-order valence-electron chi connectivity index (χ4n) is 2.52. The van der Waals surface area contributed by atoms with Crippen molar-refractivity contribution in [1.82, 2.24) is 4.90 Å². The number of nitrogens with zero attached hydrogens (tertiary/aromatic N) is 1. The van der Waals surface area contributed by atoms with Crippen LogP contribution in [-0.4, -0.2) is 11.4 Å². The molecule has 1 nitrogen and oxygen atoms in total. The van der Waals surface area contributed by atoms with Crippen molar-refractivity contribution < 1.29 is 0 Å². The normalized spacial score (nSPS) is 13.2. The van der Waals surface area contributed by atoms with Crippen LogP contribution in [0.1, 0.15) is 60.3 Å². The highest BCUT2D eigenvalue weighted by molar-refractivity contribution is 4.97. The largest absolute Gasteiger partial charge is 0.352 e. The summed E-state index contributed by atoms with van der Waals surface area (Å²) in [4.78, 5) is 2.18. The smallest absolute Gasteiger partial charge is 0.0275 e. The molecule has 0 aromatic rings. The Balaban J connectivity index is 4.59. The molecule has 0 spiro atoms. The van der Waals surface area contributed by atoms with Crippen LogP contribution < -0.4 is 0 Å². The van der Waals surface area contributed by atoms with Crippen molar-refractivity contribution in [2.75, 3.05) is 6.54 Å². The Kier molecular flexibility index (Phi) is 7.26. The highest BCUT2D eigenvalue weighted by Crippen LogP contribution is 2.35. The summed E-state index contributed by atoms with van der Waals surface area (Å²) in [6, 6.07) is 0. The lowest BCUT2D eigenvalue weighted by Gasteiger charge is -2.38. The van der Waals surface area contributed by atoms with Gasteiger partial charge in [-0.05, 0) is 30.9 Å². The number of rotatable bonds is 9. The summed E-state index contributed by atoms with van der Waals surface area (Å²) in [6.45, 7) is 20.3. The minimum absolute atomic E-state index is 0.317. The first-order chi connectivity index (χ1) is 7.88. The number of allylic oxidation sites excluding steroid dienone is 1. The lowest BCUT2D eigenvalue weighted by atomic mass is 9.74. The Hall–Kier alpha value is -0.720. The summed E-state index contributed by atoms with van der Waals surface area (Å²) < 4.78 is 0. The predicted octanol–water partition coefficient (Wildman–Crippen LogP) is 5.21. The van der Waals surface area contributed by atoms with E-state index in [9.17, 15) is 0 Å². The van der Waals surface area contributed by atoms with E-state index < -0.39 is 0 Å². The second-order valence-electron chi connectivity index (χ2n) is 5.78. The van der Waals surface area contributed by atoms with Crippen molar-refractivity contribution in [3.8, 4) is 0 Å². The Morgan fingerprint density at radius 1 is 1.35 bits per heavy atom. The molecule has 0 aliphatic carbocycles. The maximum absolute atomic E-state index is 4.01. The molecule has 0 saturated carbocycles. The molecular formula is C16H31N. The number of hydrogen-bond acceptors (Lipinski definition) is 1. The zero-order chi connectivity index (χ0) is 13.5. The molecule has 100 valence electrons. The molecule has 0 fully saturated rings. The van der Waals surface area contributed by atoms with Crippen LogP contribution in [0.15, 0.2) is 25.1 Å². The molecule has 0 aromatic carbocycles. The molecule has 0 radical (unpaired) electrons. The second-order valence-corrected chi connectivity index (χ2v) is 5.78. The maximum atomic E-state index is 4.01. The first kappa shape index (κ1) is 16.3. The predicted molar refractivity (Wildman–Crippen MR) is 78.8 cm³/mol. The molecular weight excluding hydrogens is 206 g/mol. The summed E-state index contributed by atoms with van der Waals surface area (Å²) in [6.07, 6.45) is 7.12. The lowest BCUT2D eigenvalue weighted by molar-refractivity contribution is 0.149. The molecule has 0 amide bonds. The van der Waals surface area contributed by atoms with Crippen LogP contribution in [0.2, 0.25) is 0 Å². The van der Waals surface area contributed by atoms with E-state index in [4.69, 9.17) is 0 Å². The Bertz CT molecular complexity index is 240. The van der Waals surface area contributed by atoms with E-state index in [1.807, 2.05) is 13.1 Å². The highest BCUT2D eigenvalue weighted by atomic mass is 15.1. The average molecular weight is 237 g/mol. The van der Waals surface area contributed by atoms with Crippen molar-refractivity contribution in [3.63, 3.8) is 0 Å². The van der Waals surface area contributed by atoms with Crippen LogP contribution in [0.5, 0.6) is 0 Å². The molecule has 0 bridgehead atoms. The van der Waals surface area contributed by atoms with Gasteiger partial charge in [0, 0.05) is 12.2 Å². The maximum Gasteiger partial charge on any atom is 0.0275 e. The van der Waals surface area contributed by atoms with Gasteiger partial charge in [-0.2, -0.15) is 0 Å². The van der Waals surface area contributed by atoms with Gasteiger partial charge in [0.2, 0.25) is 0 Å².